The summed E-state index contributed by atoms with van der Waals surface area (Å²) in [7, 11) is 0. The molecular weight excluding hydrogens is 516 g/mol. The van der Waals surface area contributed by atoms with E-state index in [9.17, 15) is 14.4 Å². The van der Waals surface area contributed by atoms with Gasteiger partial charge in [0.25, 0.3) is 11.8 Å². The number of hydrogen-bond acceptors (Lipinski definition) is 8. The lowest BCUT2D eigenvalue weighted by molar-refractivity contribution is -0.133. The summed E-state index contributed by atoms with van der Waals surface area (Å²) in [6, 6.07) is 15.0. The van der Waals surface area contributed by atoms with E-state index in [-0.39, 0.29) is 24.3 Å². The molecule has 4 heterocycles. The van der Waals surface area contributed by atoms with Gasteiger partial charge < -0.3 is 25.8 Å². The van der Waals surface area contributed by atoms with E-state index in [0.29, 0.717) is 49.2 Å². The molecule has 2 aliphatic heterocycles. The van der Waals surface area contributed by atoms with Crippen molar-refractivity contribution in [2.24, 2.45) is 0 Å². The molecule has 6 rings (SSSR count). The number of carbonyl (C=O) groups excluding carboxylic acids is 3. The number of nitrogens with one attached hydrogen (secondary N) is 3. The minimum absolute atomic E-state index is 0.0120. The highest BCUT2D eigenvalue weighted by Crippen LogP contribution is 2.21. The van der Waals surface area contributed by atoms with Gasteiger partial charge in [0.15, 0.2) is 5.13 Å². The van der Waals surface area contributed by atoms with Gasteiger partial charge in [0.1, 0.15) is 12.2 Å². The molecule has 0 saturated carbocycles. The minimum Gasteiger partial charge on any atom is -0.356 e. The van der Waals surface area contributed by atoms with Crippen LogP contribution in [0.25, 0.3) is 10.9 Å². The zero-order chi connectivity index (χ0) is 26.8. The Balaban J connectivity index is 1.03. The van der Waals surface area contributed by atoms with Crippen molar-refractivity contribution in [3.8, 4) is 0 Å². The zero-order valence-electron chi connectivity index (χ0n) is 21.2. The van der Waals surface area contributed by atoms with Crippen molar-refractivity contribution in [3.63, 3.8) is 0 Å². The largest absolute Gasteiger partial charge is 0.356 e. The first-order valence-corrected chi connectivity index (χ1v) is 13.7. The first kappa shape index (κ1) is 25.0. The third-order valence-corrected chi connectivity index (χ3v) is 7.67. The Morgan fingerprint density at radius 3 is 2.51 bits per heavy atom. The Hall–Kier alpha value is -4.29. The molecule has 0 bridgehead atoms. The highest BCUT2D eigenvalue weighted by atomic mass is 32.1. The lowest BCUT2D eigenvalue weighted by Crippen LogP contribution is -2.51. The second-order valence-corrected chi connectivity index (χ2v) is 10.5. The van der Waals surface area contributed by atoms with Crippen molar-refractivity contribution in [1.82, 2.24) is 29.9 Å². The summed E-state index contributed by atoms with van der Waals surface area (Å²) in [5.41, 5.74) is 2.38. The summed E-state index contributed by atoms with van der Waals surface area (Å²) in [6.45, 7) is 3.86. The van der Waals surface area contributed by atoms with Gasteiger partial charge in [0, 0.05) is 67.5 Å². The number of nitrogens with zero attached hydrogens (tertiary/aromatic N) is 5. The average Bonchev–Trinajstić information content (AvgIpc) is 3.57. The fourth-order valence-electron chi connectivity index (χ4n) is 4.60. The van der Waals surface area contributed by atoms with Gasteiger partial charge in [-0.3, -0.25) is 19.1 Å². The number of piperazine rings is 1. The van der Waals surface area contributed by atoms with E-state index in [0.717, 1.165) is 29.1 Å². The lowest BCUT2D eigenvalue weighted by Gasteiger charge is -2.34. The summed E-state index contributed by atoms with van der Waals surface area (Å²) < 4.78 is 1.62. The van der Waals surface area contributed by atoms with Gasteiger partial charge in [-0.2, -0.15) is 5.10 Å². The number of thiazole rings is 1. The van der Waals surface area contributed by atoms with Crippen molar-refractivity contribution in [2.45, 2.75) is 12.6 Å². The molecule has 11 nitrogen and oxygen atoms in total. The van der Waals surface area contributed by atoms with E-state index in [1.807, 2.05) is 30.3 Å². The summed E-state index contributed by atoms with van der Waals surface area (Å²) in [5.74, 6) is -0.339. The van der Waals surface area contributed by atoms with Crippen LogP contribution in [0, 0.1) is 0 Å². The van der Waals surface area contributed by atoms with Gasteiger partial charge in [-0.15, -0.1) is 11.3 Å². The van der Waals surface area contributed by atoms with Gasteiger partial charge in [-0.05, 0) is 30.3 Å². The fourth-order valence-corrected chi connectivity index (χ4v) is 5.37. The predicted octanol–water partition coefficient (Wildman–Crippen LogP) is 2.11. The summed E-state index contributed by atoms with van der Waals surface area (Å²) in [6.07, 6.45) is 1.80. The molecule has 0 atom stereocenters. The van der Waals surface area contributed by atoms with Crippen molar-refractivity contribution >= 4 is 50.8 Å². The maximum atomic E-state index is 12.9. The number of amides is 3. The third kappa shape index (κ3) is 5.61. The van der Waals surface area contributed by atoms with E-state index < -0.39 is 0 Å². The molecule has 39 heavy (non-hydrogen) atoms. The highest BCUT2D eigenvalue weighted by molar-refractivity contribution is 7.13. The molecule has 0 aliphatic carbocycles. The Morgan fingerprint density at radius 2 is 1.77 bits per heavy atom. The van der Waals surface area contributed by atoms with Gasteiger partial charge >= 0.3 is 0 Å². The number of aromatic nitrogens is 3. The monoisotopic (exact) mass is 544 g/mol. The van der Waals surface area contributed by atoms with E-state index >= 15 is 0 Å². The molecular formula is C27H28N8O3S. The topological polar surface area (TPSA) is 124 Å². The SMILES string of the molecule is O=C(Nc1ccc2nn(CC(=O)N3CCN(C(=O)c4ccccc4)CC3)cc2c1)c1csc(NC2CNC2)n1. The van der Waals surface area contributed by atoms with Crippen molar-refractivity contribution in [2.75, 3.05) is 49.9 Å². The van der Waals surface area contributed by atoms with E-state index in [4.69, 9.17) is 0 Å². The molecule has 200 valence electrons. The second-order valence-electron chi connectivity index (χ2n) is 9.63. The molecule has 12 heteroatoms. The number of benzene rings is 2. The number of fused-ring (bicyclic) bond motifs is 1. The third-order valence-electron chi connectivity index (χ3n) is 6.89. The lowest BCUT2D eigenvalue weighted by atomic mass is 10.2. The van der Waals surface area contributed by atoms with Crippen LogP contribution in [0.3, 0.4) is 0 Å². The Bertz CT molecular complexity index is 1510. The number of carbonyl (C=O) groups is 3. The molecule has 2 saturated heterocycles. The molecule has 0 radical (unpaired) electrons. The van der Waals surface area contributed by atoms with Crippen LogP contribution in [0.15, 0.2) is 60.1 Å². The number of hydrogen-bond donors (Lipinski definition) is 3. The fraction of sp³-hybridized carbons (Fsp3) is 0.296. The van der Waals surface area contributed by atoms with Crippen LogP contribution in [0.1, 0.15) is 20.8 Å². The van der Waals surface area contributed by atoms with Crippen LogP contribution >= 0.6 is 11.3 Å². The van der Waals surface area contributed by atoms with Crippen molar-refractivity contribution in [3.05, 3.63) is 71.4 Å². The summed E-state index contributed by atoms with van der Waals surface area (Å²) in [4.78, 5) is 46.3. The molecule has 2 aromatic heterocycles. The molecule has 0 spiro atoms. The first-order valence-electron chi connectivity index (χ1n) is 12.9. The number of anilines is 2. The summed E-state index contributed by atoms with van der Waals surface area (Å²) in [5, 5.41) is 17.2. The van der Waals surface area contributed by atoms with Gasteiger partial charge in [0.05, 0.1) is 11.6 Å². The molecule has 2 fully saturated rings. The Labute approximate surface area is 228 Å². The average molecular weight is 545 g/mol. The maximum Gasteiger partial charge on any atom is 0.275 e. The number of rotatable bonds is 7. The second kappa shape index (κ2) is 10.8. The van der Waals surface area contributed by atoms with Crippen LogP contribution in [-0.2, 0) is 11.3 Å². The van der Waals surface area contributed by atoms with Crippen LogP contribution in [0.5, 0.6) is 0 Å². The Kier molecular flexibility index (Phi) is 6.95. The van der Waals surface area contributed by atoms with Gasteiger partial charge in [-0.25, -0.2) is 4.98 Å². The van der Waals surface area contributed by atoms with Crippen LogP contribution in [0.4, 0.5) is 10.8 Å². The van der Waals surface area contributed by atoms with E-state index in [1.54, 1.807) is 44.3 Å². The van der Waals surface area contributed by atoms with Crippen LogP contribution in [-0.4, -0.2) is 87.6 Å². The predicted molar refractivity (Wildman–Crippen MR) is 149 cm³/mol. The molecule has 4 aromatic rings. The first-order chi connectivity index (χ1) is 19.0. The standard InChI is InChI=1S/C27H28N8O3S/c36-24(33-8-10-34(11-9-33)26(38)18-4-2-1-3-5-18)16-35-15-19-12-20(6-7-22(19)32-35)29-25(37)23-17-39-27(31-23)30-21-13-28-14-21/h1-7,12,15,17,21,28H,8-11,13-14,16H2,(H,29,37)(H,30,31). The van der Waals surface area contributed by atoms with E-state index in [1.165, 1.54) is 11.3 Å². The molecule has 3 N–H and O–H groups in total. The van der Waals surface area contributed by atoms with Gasteiger partial charge in [-0.1, -0.05) is 18.2 Å². The van der Waals surface area contributed by atoms with Crippen LogP contribution in [0.2, 0.25) is 0 Å². The maximum absolute atomic E-state index is 12.9. The molecule has 2 aliphatic rings. The van der Waals surface area contributed by atoms with Crippen LogP contribution < -0.4 is 16.0 Å². The van der Waals surface area contributed by atoms with Gasteiger partial charge in [0.2, 0.25) is 5.91 Å². The quantitative estimate of drug-likeness (QED) is 0.326. The minimum atomic E-state index is -0.280. The smallest absolute Gasteiger partial charge is 0.275 e. The highest BCUT2D eigenvalue weighted by Gasteiger charge is 2.25. The zero-order valence-corrected chi connectivity index (χ0v) is 22.0. The van der Waals surface area contributed by atoms with E-state index in [2.05, 4.69) is 26.0 Å². The molecule has 0 unspecified atom stereocenters. The molecule has 3 amide bonds. The Morgan fingerprint density at radius 1 is 1.00 bits per heavy atom. The molecule has 2 aromatic carbocycles. The normalized spacial score (nSPS) is 15.7. The van der Waals surface area contributed by atoms with Crippen molar-refractivity contribution in [1.29, 1.82) is 0 Å². The summed E-state index contributed by atoms with van der Waals surface area (Å²) >= 11 is 1.41. The van der Waals surface area contributed by atoms with Crippen molar-refractivity contribution < 1.29 is 14.4 Å².